The van der Waals surface area contributed by atoms with Gasteiger partial charge in [0.1, 0.15) is 12.4 Å². The standard InChI is InChI=1S/C20H18FNO4S/c1-12-16(8-13-2-3-14-6-7-27(25,26)19(14)9-13)17-10-15(21)4-5-18(17)22(12)11-20(23)24/h2-5,9-10H,6-8,11H2,1H3,(H,23,24). The molecule has 0 atom stereocenters. The van der Waals surface area contributed by atoms with Crippen LogP contribution in [-0.2, 0) is 34.0 Å². The Kier molecular flexibility index (Phi) is 4.07. The van der Waals surface area contributed by atoms with Crippen LogP contribution in [0.15, 0.2) is 41.3 Å². The number of aromatic nitrogens is 1. The molecule has 0 bridgehead atoms. The summed E-state index contributed by atoms with van der Waals surface area (Å²) in [6, 6.07) is 9.71. The van der Waals surface area contributed by atoms with Gasteiger partial charge >= 0.3 is 5.97 Å². The second-order valence-electron chi connectivity index (χ2n) is 6.89. The van der Waals surface area contributed by atoms with Gasteiger partial charge in [-0.05, 0) is 60.7 Å². The van der Waals surface area contributed by atoms with E-state index in [-0.39, 0.29) is 12.3 Å². The van der Waals surface area contributed by atoms with Gasteiger partial charge in [-0.2, -0.15) is 0 Å². The van der Waals surface area contributed by atoms with Gasteiger partial charge in [-0.15, -0.1) is 0 Å². The van der Waals surface area contributed by atoms with E-state index in [0.717, 1.165) is 22.4 Å². The molecule has 1 aliphatic heterocycles. The van der Waals surface area contributed by atoms with E-state index in [0.29, 0.717) is 28.6 Å². The molecule has 0 saturated heterocycles. The van der Waals surface area contributed by atoms with Gasteiger partial charge in [0, 0.05) is 16.6 Å². The van der Waals surface area contributed by atoms with Crippen molar-refractivity contribution in [1.82, 2.24) is 4.57 Å². The van der Waals surface area contributed by atoms with Crippen molar-refractivity contribution in [1.29, 1.82) is 0 Å². The molecule has 1 aromatic heterocycles. The van der Waals surface area contributed by atoms with E-state index in [9.17, 15) is 22.7 Å². The molecular formula is C20H18FNO4S. The first-order valence-corrected chi connectivity index (χ1v) is 10.2. The third-order valence-corrected chi connectivity index (χ3v) is 6.99. The maximum Gasteiger partial charge on any atom is 0.323 e. The molecule has 0 saturated carbocycles. The Bertz CT molecular complexity index is 1190. The minimum absolute atomic E-state index is 0.133. The number of aliphatic carboxylic acids is 1. The lowest BCUT2D eigenvalue weighted by Crippen LogP contribution is -2.10. The van der Waals surface area contributed by atoms with Gasteiger partial charge in [-0.25, -0.2) is 12.8 Å². The molecule has 1 aliphatic rings. The van der Waals surface area contributed by atoms with Gasteiger partial charge in [0.2, 0.25) is 0 Å². The summed E-state index contributed by atoms with van der Waals surface area (Å²) in [5.41, 5.74) is 3.83. The van der Waals surface area contributed by atoms with Crippen molar-refractivity contribution in [2.45, 2.75) is 31.2 Å². The number of carbonyl (C=O) groups is 1. The van der Waals surface area contributed by atoms with Gasteiger partial charge in [0.25, 0.3) is 0 Å². The van der Waals surface area contributed by atoms with Crippen molar-refractivity contribution in [3.05, 3.63) is 64.6 Å². The smallest absolute Gasteiger partial charge is 0.323 e. The Balaban J connectivity index is 1.84. The number of carboxylic acid groups (broad SMARTS) is 1. The van der Waals surface area contributed by atoms with E-state index < -0.39 is 21.6 Å². The first-order chi connectivity index (χ1) is 12.8. The van der Waals surface area contributed by atoms with Crippen LogP contribution < -0.4 is 0 Å². The molecule has 3 aromatic rings. The molecule has 27 heavy (non-hydrogen) atoms. The van der Waals surface area contributed by atoms with Crippen LogP contribution in [0.4, 0.5) is 4.39 Å². The average Bonchev–Trinajstić information content (AvgIpc) is 3.04. The van der Waals surface area contributed by atoms with Crippen LogP contribution in [0.3, 0.4) is 0 Å². The molecule has 7 heteroatoms. The minimum atomic E-state index is -3.23. The normalized spacial score (nSPS) is 15.2. The number of hydrogen-bond acceptors (Lipinski definition) is 3. The Hall–Kier alpha value is -2.67. The zero-order chi connectivity index (χ0) is 19.3. The Morgan fingerprint density at radius 2 is 2.00 bits per heavy atom. The van der Waals surface area contributed by atoms with Crippen molar-refractivity contribution >= 4 is 26.7 Å². The number of nitrogens with zero attached hydrogens (tertiary/aromatic N) is 1. The van der Waals surface area contributed by atoms with Crippen LogP contribution in [0.2, 0.25) is 0 Å². The van der Waals surface area contributed by atoms with Crippen LogP contribution in [0.5, 0.6) is 0 Å². The fraction of sp³-hybridized carbons (Fsp3) is 0.250. The summed E-state index contributed by atoms with van der Waals surface area (Å²) in [7, 11) is -3.23. The lowest BCUT2D eigenvalue weighted by molar-refractivity contribution is -0.137. The van der Waals surface area contributed by atoms with E-state index in [1.54, 1.807) is 23.6 Å². The maximum absolute atomic E-state index is 13.8. The molecule has 2 aromatic carbocycles. The summed E-state index contributed by atoms with van der Waals surface area (Å²) in [5.74, 6) is -1.24. The predicted molar refractivity (Wildman–Crippen MR) is 99.3 cm³/mol. The zero-order valence-corrected chi connectivity index (χ0v) is 15.5. The van der Waals surface area contributed by atoms with Crippen molar-refractivity contribution in [3.63, 3.8) is 0 Å². The van der Waals surface area contributed by atoms with Crippen molar-refractivity contribution in [2.24, 2.45) is 0 Å². The maximum atomic E-state index is 13.8. The number of sulfone groups is 1. The highest BCUT2D eigenvalue weighted by molar-refractivity contribution is 7.91. The number of aryl methyl sites for hydroxylation is 1. The van der Waals surface area contributed by atoms with Gasteiger partial charge in [-0.1, -0.05) is 12.1 Å². The largest absolute Gasteiger partial charge is 0.480 e. The molecule has 0 radical (unpaired) electrons. The number of hydrogen-bond donors (Lipinski definition) is 1. The second kappa shape index (κ2) is 6.20. The number of carboxylic acids is 1. The molecule has 140 valence electrons. The van der Waals surface area contributed by atoms with Gasteiger partial charge in [0.05, 0.1) is 10.6 Å². The average molecular weight is 387 g/mol. The van der Waals surface area contributed by atoms with Gasteiger partial charge < -0.3 is 9.67 Å². The topological polar surface area (TPSA) is 76.4 Å². The lowest BCUT2D eigenvalue weighted by Gasteiger charge is -2.07. The summed E-state index contributed by atoms with van der Waals surface area (Å²) in [5, 5.41) is 9.86. The number of rotatable bonds is 4. The van der Waals surface area contributed by atoms with E-state index in [4.69, 9.17) is 0 Å². The third-order valence-electron chi connectivity index (χ3n) is 5.20. The molecule has 2 heterocycles. The molecule has 0 amide bonds. The van der Waals surface area contributed by atoms with Crippen molar-refractivity contribution in [2.75, 3.05) is 5.75 Å². The molecular weight excluding hydrogens is 369 g/mol. The molecule has 0 spiro atoms. The van der Waals surface area contributed by atoms with Crippen molar-refractivity contribution < 1.29 is 22.7 Å². The van der Waals surface area contributed by atoms with E-state index in [1.807, 2.05) is 12.1 Å². The highest BCUT2D eigenvalue weighted by Crippen LogP contribution is 2.31. The summed E-state index contributed by atoms with van der Waals surface area (Å²) in [4.78, 5) is 11.6. The van der Waals surface area contributed by atoms with Crippen molar-refractivity contribution in [3.8, 4) is 0 Å². The van der Waals surface area contributed by atoms with Gasteiger partial charge in [0.15, 0.2) is 9.84 Å². The zero-order valence-electron chi connectivity index (χ0n) is 14.7. The highest BCUT2D eigenvalue weighted by Gasteiger charge is 2.26. The lowest BCUT2D eigenvalue weighted by atomic mass is 10.0. The van der Waals surface area contributed by atoms with Crippen LogP contribution in [0, 0.1) is 12.7 Å². The summed E-state index contributed by atoms with van der Waals surface area (Å²) < 4.78 is 39.9. The van der Waals surface area contributed by atoms with Crippen LogP contribution in [0.1, 0.15) is 22.4 Å². The number of benzene rings is 2. The highest BCUT2D eigenvalue weighted by atomic mass is 32.2. The molecule has 0 fully saturated rings. The Morgan fingerprint density at radius 3 is 2.74 bits per heavy atom. The van der Waals surface area contributed by atoms with Crippen LogP contribution in [-0.4, -0.2) is 29.8 Å². The Morgan fingerprint density at radius 1 is 1.22 bits per heavy atom. The molecule has 5 nitrogen and oxygen atoms in total. The second-order valence-corrected chi connectivity index (χ2v) is 8.97. The first-order valence-electron chi connectivity index (χ1n) is 8.60. The summed E-state index contributed by atoms with van der Waals surface area (Å²) >= 11 is 0. The molecule has 1 N–H and O–H groups in total. The molecule has 0 unspecified atom stereocenters. The SMILES string of the molecule is Cc1c(Cc2ccc3c(c2)S(=O)(=O)CC3)c2cc(F)ccc2n1CC(=O)O. The monoisotopic (exact) mass is 387 g/mol. The van der Waals surface area contributed by atoms with Crippen LogP contribution in [0.25, 0.3) is 10.9 Å². The predicted octanol–water partition coefficient (Wildman–Crippen LogP) is 3.09. The fourth-order valence-electron chi connectivity index (χ4n) is 3.85. The van der Waals surface area contributed by atoms with E-state index in [2.05, 4.69) is 0 Å². The van der Waals surface area contributed by atoms with E-state index >= 15 is 0 Å². The van der Waals surface area contributed by atoms with Crippen LogP contribution >= 0.6 is 0 Å². The minimum Gasteiger partial charge on any atom is -0.480 e. The first kappa shape index (κ1) is 17.7. The fourth-order valence-corrected chi connectivity index (χ4v) is 5.46. The molecule has 0 aliphatic carbocycles. The number of fused-ring (bicyclic) bond motifs is 2. The summed E-state index contributed by atoms with van der Waals surface area (Å²) in [6.45, 7) is 1.59. The summed E-state index contributed by atoms with van der Waals surface area (Å²) in [6.07, 6.45) is 0.932. The van der Waals surface area contributed by atoms with Gasteiger partial charge in [-0.3, -0.25) is 4.79 Å². The van der Waals surface area contributed by atoms with E-state index in [1.165, 1.54) is 12.1 Å². The third kappa shape index (κ3) is 3.02. The Labute approximate surface area is 156 Å². The molecule has 4 rings (SSSR count). The quantitative estimate of drug-likeness (QED) is 0.746. The number of halogens is 1.